The number of benzene rings is 1. The lowest BCUT2D eigenvalue weighted by Crippen LogP contribution is -2.15. The fourth-order valence-electron chi connectivity index (χ4n) is 1.91. The smallest absolute Gasteiger partial charge is 0.224 e. The lowest BCUT2D eigenvalue weighted by molar-refractivity contribution is -0.116. The zero-order valence-corrected chi connectivity index (χ0v) is 10.1. The van der Waals surface area contributed by atoms with Crippen LogP contribution in [0.25, 0.3) is 0 Å². The van der Waals surface area contributed by atoms with Gasteiger partial charge in [0.2, 0.25) is 5.91 Å². The fourth-order valence-corrected chi connectivity index (χ4v) is 1.91. The van der Waals surface area contributed by atoms with E-state index in [0.717, 1.165) is 37.4 Å². The van der Waals surface area contributed by atoms with Crippen LogP contribution in [0.15, 0.2) is 18.2 Å². The third kappa shape index (κ3) is 3.20. The molecule has 0 fully saturated rings. The summed E-state index contributed by atoms with van der Waals surface area (Å²) in [5, 5.41) is 5.93. The second-order valence-electron chi connectivity index (χ2n) is 4.18. The normalized spacial score (nSPS) is 13.0. The summed E-state index contributed by atoms with van der Waals surface area (Å²) in [6.07, 6.45) is 2.34. The fraction of sp³-hybridized carbons (Fsp3) is 0.462. The standard InChI is InChI=1S/C13H18N2O2/c1-14-7-2-3-13(16)15-11-4-5-12-10(9-11)6-8-17-12/h4-5,9,14H,2-3,6-8H2,1H3,(H,15,16). The van der Waals surface area contributed by atoms with E-state index in [-0.39, 0.29) is 5.91 Å². The Balaban J connectivity index is 1.88. The first-order chi connectivity index (χ1) is 8.29. The highest BCUT2D eigenvalue weighted by molar-refractivity contribution is 5.90. The summed E-state index contributed by atoms with van der Waals surface area (Å²) in [7, 11) is 1.89. The van der Waals surface area contributed by atoms with E-state index in [0.29, 0.717) is 6.42 Å². The van der Waals surface area contributed by atoms with Crippen molar-refractivity contribution in [3.8, 4) is 5.75 Å². The number of hydrogen-bond acceptors (Lipinski definition) is 3. The predicted molar refractivity (Wildman–Crippen MR) is 67.4 cm³/mol. The van der Waals surface area contributed by atoms with Crippen LogP contribution in [0.2, 0.25) is 0 Å². The number of hydrogen-bond donors (Lipinski definition) is 2. The van der Waals surface area contributed by atoms with Crippen molar-refractivity contribution in [1.29, 1.82) is 0 Å². The maximum atomic E-state index is 11.6. The van der Waals surface area contributed by atoms with Gasteiger partial charge in [0.05, 0.1) is 6.61 Å². The summed E-state index contributed by atoms with van der Waals surface area (Å²) in [6.45, 7) is 1.61. The number of carbonyl (C=O) groups excluding carboxylic acids is 1. The van der Waals surface area contributed by atoms with Crippen LogP contribution in [0, 0.1) is 0 Å². The monoisotopic (exact) mass is 234 g/mol. The summed E-state index contributed by atoms with van der Waals surface area (Å²) in [4.78, 5) is 11.6. The second kappa shape index (κ2) is 5.68. The van der Waals surface area contributed by atoms with Crippen LogP contribution in [0.1, 0.15) is 18.4 Å². The summed E-state index contributed by atoms with van der Waals surface area (Å²) >= 11 is 0. The average molecular weight is 234 g/mol. The number of carbonyl (C=O) groups is 1. The Kier molecular flexibility index (Phi) is 3.98. The van der Waals surface area contributed by atoms with Gasteiger partial charge in [-0.25, -0.2) is 0 Å². The number of rotatable bonds is 5. The molecule has 0 aliphatic carbocycles. The summed E-state index contributed by atoms with van der Waals surface area (Å²) in [5.74, 6) is 1.01. The molecule has 1 aromatic carbocycles. The Morgan fingerprint density at radius 2 is 2.35 bits per heavy atom. The molecule has 1 heterocycles. The Hall–Kier alpha value is -1.55. The molecular weight excluding hydrogens is 216 g/mol. The Morgan fingerprint density at radius 1 is 1.47 bits per heavy atom. The van der Waals surface area contributed by atoms with Crippen LogP contribution < -0.4 is 15.4 Å². The molecule has 1 amide bonds. The molecule has 17 heavy (non-hydrogen) atoms. The van der Waals surface area contributed by atoms with E-state index < -0.39 is 0 Å². The van der Waals surface area contributed by atoms with Gasteiger partial charge in [0.1, 0.15) is 5.75 Å². The highest BCUT2D eigenvalue weighted by atomic mass is 16.5. The van der Waals surface area contributed by atoms with Crippen LogP contribution in [0.5, 0.6) is 5.75 Å². The van der Waals surface area contributed by atoms with E-state index in [1.165, 1.54) is 5.56 Å². The van der Waals surface area contributed by atoms with E-state index in [1.807, 2.05) is 25.2 Å². The van der Waals surface area contributed by atoms with Gasteiger partial charge in [-0.15, -0.1) is 0 Å². The van der Waals surface area contributed by atoms with Crippen LogP contribution >= 0.6 is 0 Å². The lowest BCUT2D eigenvalue weighted by atomic mass is 10.1. The van der Waals surface area contributed by atoms with Gasteiger partial charge in [-0.2, -0.15) is 0 Å². The number of ether oxygens (including phenoxy) is 1. The zero-order chi connectivity index (χ0) is 12.1. The number of nitrogens with one attached hydrogen (secondary N) is 2. The van der Waals surface area contributed by atoms with Crippen LogP contribution in [-0.4, -0.2) is 26.1 Å². The zero-order valence-electron chi connectivity index (χ0n) is 10.1. The van der Waals surface area contributed by atoms with Gasteiger partial charge >= 0.3 is 0 Å². The van der Waals surface area contributed by atoms with Crippen molar-refractivity contribution in [1.82, 2.24) is 5.32 Å². The average Bonchev–Trinajstić information content (AvgIpc) is 2.76. The van der Waals surface area contributed by atoms with E-state index in [9.17, 15) is 4.79 Å². The van der Waals surface area contributed by atoms with Crippen LogP contribution in [-0.2, 0) is 11.2 Å². The minimum Gasteiger partial charge on any atom is -0.493 e. The number of anilines is 1. The van der Waals surface area contributed by atoms with Crippen molar-refractivity contribution in [3.05, 3.63) is 23.8 Å². The maximum absolute atomic E-state index is 11.6. The number of fused-ring (bicyclic) bond motifs is 1. The molecule has 0 unspecified atom stereocenters. The molecule has 0 bridgehead atoms. The highest BCUT2D eigenvalue weighted by Crippen LogP contribution is 2.27. The van der Waals surface area contributed by atoms with Crippen molar-refractivity contribution in [2.24, 2.45) is 0 Å². The summed E-state index contributed by atoms with van der Waals surface area (Å²) < 4.78 is 5.42. The molecule has 2 rings (SSSR count). The molecule has 1 aliphatic rings. The molecule has 4 heteroatoms. The molecule has 0 saturated carbocycles. The van der Waals surface area contributed by atoms with Gasteiger partial charge in [0.15, 0.2) is 0 Å². The maximum Gasteiger partial charge on any atom is 0.224 e. The van der Waals surface area contributed by atoms with Crippen molar-refractivity contribution >= 4 is 11.6 Å². The Labute approximate surface area is 101 Å². The highest BCUT2D eigenvalue weighted by Gasteiger charge is 2.12. The molecule has 0 saturated heterocycles. The van der Waals surface area contributed by atoms with Gasteiger partial charge in [-0.3, -0.25) is 4.79 Å². The first-order valence-electron chi connectivity index (χ1n) is 6.00. The number of amides is 1. The molecule has 0 spiro atoms. The second-order valence-corrected chi connectivity index (χ2v) is 4.18. The first-order valence-corrected chi connectivity index (χ1v) is 6.00. The Morgan fingerprint density at radius 3 is 3.18 bits per heavy atom. The SMILES string of the molecule is CNCCCC(=O)Nc1ccc2c(c1)CCO2. The van der Waals surface area contributed by atoms with Crippen molar-refractivity contribution in [2.75, 3.05) is 25.5 Å². The van der Waals surface area contributed by atoms with Crippen molar-refractivity contribution in [2.45, 2.75) is 19.3 Å². The third-order valence-electron chi connectivity index (χ3n) is 2.80. The minimum atomic E-state index is 0.0686. The molecule has 0 atom stereocenters. The van der Waals surface area contributed by atoms with Gasteiger partial charge < -0.3 is 15.4 Å². The quantitative estimate of drug-likeness (QED) is 0.760. The molecule has 1 aromatic rings. The van der Waals surface area contributed by atoms with Gasteiger partial charge in [0, 0.05) is 18.5 Å². The van der Waals surface area contributed by atoms with E-state index in [2.05, 4.69) is 10.6 Å². The largest absolute Gasteiger partial charge is 0.493 e. The van der Waals surface area contributed by atoms with Gasteiger partial charge in [-0.05, 0) is 43.8 Å². The topological polar surface area (TPSA) is 50.4 Å². The van der Waals surface area contributed by atoms with Gasteiger partial charge in [0.25, 0.3) is 0 Å². The Bertz CT molecular complexity index is 404. The van der Waals surface area contributed by atoms with Crippen LogP contribution in [0.3, 0.4) is 0 Å². The first kappa shape index (κ1) is 11.9. The summed E-state index contributed by atoms with van der Waals surface area (Å²) in [6, 6.07) is 5.81. The molecule has 92 valence electrons. The minimum absolute atomic E-state index is 0.0686. The van der Waals surface area contributed by atoms with Crippen LogP contribution in [0.4, 0.5) is 5.69 Å². The summed E-state index contributed by atoms with van der Waals surface area (Å²) in [5.41, 5.74) is 2.04. The predicted octanol–water partition coefficient (Wildman–Crippen LogP) is 1.56. The third-order valence-corrected chi connectivity index (χ3v) is 2.80. The van der Waals surface area contributed by atoms with E-state index in [1.54, 1.807) is 0 Å². The molecule has 0 radical (unpaired) electrons. The lowest BCUT2D eigenvalue weighted by Gasteiger charge is -2.06. The molecule has 4 nitrogen and oxygen atoms in total. The molecular formula is C13H18N2O2. The molecule has 1 aliphatic heterocycles. The van der Waals surface area contributed by atoms with E-state index >= 15 is 0 Å². The van der Waals surface area contributed by atoms with E-state index in [4.69, 9.17) is 4.74 Å². The van der Waals surface area contributed by atoms with Gasteiger partial charge in [-0.1, -0.05) is 0 Å². The van der Waals surface area contributed by atoms with Crippen molar-refractivity contribution in [3.63, 3.8) is 0 Å². The van der Waals surface area contributed by atoms with Crippen molar-refractivity contribution < 1.29 is 9.53 Å². The molecule has 0 aromatic heterocycles. The molecule has 2 N–H and O–H groups in total.